The monoisotopic (exact) mass is 668 g/mol. The Balaban J connectivity index is 0.842. The van der Waals surface area contributed by atoms with Gasteiger partial charge in [-0.25, -0.2) is 9.97 Å². The Morgan fingerprint density at radius 3 is 2.64 bits per heavy atom. The third-order valence-electron chi connectivity index (χ3n) is 10.4. The number of nitrogens with zero attached hydrogens (tertiary/aromatic N) is 9. The van der Waals surface area contributed by atoms with Crippen LogP contribution in [-0.4, -0.2) is 95.8 Å². The Kier molecular flexibility index (Phi) is 7.12. The minimum Gasteiger partial charge on any atom is -0.439 e. The van der Waals surface area contributed by atoms with Crippen LogP contribution in [0.2, 0.25) is 0 Å². The Hall–Kier alpha value is -5.69. The van der Waals surface area contributed by atoms with Gasteiger partial charge in [-0.2, -0.15) is 15.2 Å². The number of carbonyl (C=O) groups is 2. The fraction of sp³-hybridized carbons (Fsp3) is 0.324. The molecule has 0 bridgehead atoms. The summed E-state index contributed by atoms with van der Waals surface area (Å²) in [6.45, 7) is 5.37. The van der Waals surface area contributed by atoms with Crippen molar-refractivity contribution in [1.82, 2.24) is 44.7 Å². The molecule has 1 N–H and O–H groups in total. The van der Waals surface area contributed by atoms with Gasteiger partial charge in [0, 0.05) is 56.8 Å². The zero-order chi connectivity index (χ0) is 34.0. The predicted octanol–water partition coefficient (Wildman–Crippen LogP) is 4.61. The van der Waals surface area contributed by atoms with Gasteiger partial charge in [0.1, 0.15) is 12.0 Å². The normalized spacial score (nSPS) is 19.8. The number of fused-ring (bicyclic) bond motifs is 2. The summed E-state index contributed by atoms with van der Waals surface area (Å²) in [4.78, 5) is 46.8. The molecule has 2 aromatic carbocycles. The van der Waals surface area contributed by atoms with Crippen molar-refractivity contribution in [1.29, 1.82) is 0 Å². The molecule has 7 heterocycles. The van der Waals surface area contributed by atoms with Crippen molar-refractivity contribution in [3.8, 4) is 22.8 Å². The maximum atomic E-state index is 14.0. The third kappa shape index (κ3) is 5.25. The van der Waals surface area contributed by atoms with Crippen molar-refractivity contribution >= 4 is 45.2 Å². The van der Waals surface area contributed by atoms with Gasteiger partial charge in [-0.05, 0) is 67.3 Å². The van der Waals surface area contributed by atoms with Crippen LogP contribution in [-0.2, 0) is 16.6 Å². The van der Waals surface area contributed by atoms with E-state index in [1.807, 2.05) is 59.3 Å². The highest BCUT2D eigenvalue weighted by Crippen LogP contribution is 2.43. The molecule has 0 radical (unpaired) electrons. The van der Waals surface area contributed by atoms with Crippen molar-refractivity contribution in [2.45, 2.75) is 26.2 Å². The zero-order valence-corrected chi connectivity index (χ0v) is 28.0. The standard InChI is InChI=1S/C37H36N10O3/c1-23-39-35-31(50-23)10-9-30(40-35)33-28-19-27(7-8-29(28)41-42-33)47-18-14-37(36(47)49)13-17-45(21-37)20-32(48)46-15-11-25(12-16-46)24-3-5-26(6-4-24)34-38-22-44(2)43-34/h3-11,19,22H,12-18,20-21H2,1-2H3,(H,41,42). The second-order valence-corrected chi connectivity index (χ2v) is 13.6. The molecule has 0 saturated carbocycles. The van der Waals surface area contributed by atoms with Crippen LogP contribution in [0.1, 0.15) is 30.7 Å². The molecule has 1 unspecified atom stereocenters. The molecule has 1 atom stereocenters. The van der Waals surface area contributed by atoms with E-state index in [1.54, 1.807) is 17.9 Å². The molecule has 1 spiro atoms. The van der Waals surface area contributed by atoms with E-state index in [1.165, 1.54) is 5.57 Å². The average Bonchev–Trinajstić information content (AvgIpc) is 3.97. The van der Waals surface area contributed by atoms with Gasteiger partial charge in [-0.1, -0.05) is 30.3 Å². The molecular weight excluding hydrogens is 632 g/mol. The molecule has 50 heavy (non-hydrogen) atoms. The lowest BCUT2D eigenvalue weighted by Gasteiger charge is -2.29. The summed E-state index contributed by atoms with van der Waals surface area (Å²) in [5.41, 5.74) is 7.17. The molecule has 0 aliphatic carbocycles. The molecule has 2 fully saturated rings. The quantitative estimate of drug-likeness (QED) is 0.269. The Morgan fingerprint density at radius 2 is 1.84 bits per heavy atom. The van der Waals surface area contributed by atoms with E-state index in [2.05, 4.69) is 53.4 Å². The third-order valence-corrected chi connectivity index (χ3v) is 10.4. The number of aryl methyl sites for hydroxylation is 2. The number of benzene rings is 2. The zero-order valence-electron chi connectivity index (χ0n) is 28.0. The van der Waals surface area contributed by atoms with Crippen LogP contribution in [0.4, 0.5) is 5.69 Å². The SMILES string of the molecule is Cc1nc2nc(-c3n[nH]c4ccc(N5CCC6(CCN(CC(=O)N7CC=C(c8ccc(-c9ncn(C)n9)cc8)CC7)C6)C5=O)cc34)ccc2o1. The van der Waals surface area contributed by atoms with E-state index in [0.29, 0.717) is 67.1 Å². The van der Waals surface area contributed by atoms with Gasteiger partial charge >= 0.3 is 0 Å². The fourth-order valence-corrected chi connectivity index (χ4v) is 7.72. The van der Waals surface area contributed by atoms with E-state index < -0.39 is 5.41 Å². The van der Waals surface area contributed by atoms with E-state index in [0.717, 1.165) is 53.5 Å². The first-order valence-electron chi connectivity index (χ1n) is 17.0. The Labute approximate surface area is 287 Å². The number of hydrogen-bond donors (Lipinski definition) is 1. The van der Waals surface area contributed by atoms with Crippen molar-refractivity contribution in [3.05, 3.63) is 78.5 Å². The summed E-state index contributed by atoms with van der Waals surface area (Å²) in [7, 11) is 1.86. The van der Waals surface area contributed by atoms with Crippen LogP contribution in [0.5, 0.6) is 0 Å². The molecular formula is C37H36N10O3. The first-order chi connectivity index (χ1) is 24.3. The number of H-pyrrole nitrogens is 1. The van der Waals surface area contributed by atoms with Gasteiger partial charge in [-0.15, -0.1) is 0 Å². The molecule has 4 aromatic heterocycles. The summed E-state index contributed by atoms with van der Waals surface area (Å²) in [5.74, 6) is 1.51. The van der Waals surface area contributed by atoms with E-state index >= 15 is 0 Å². The average molecular weight is 669 g/mol. The van der Waals surface area contributed by atoms with Gasteiger partial charge < -0.3 is 14.2 Å². The van der Waals surface area contributed by atoms with E-state index in [9.17, 15) is 9.59 Å². The minimum atomic E-state index is -0.474. The van der Waals surface area contributed by atoms with E-state index in [4.69, 9.17) is 4.42 Å². The summed E-state index contributed by atoms with van der Waals surface area (Å²) in [6.07, 6.45) is 6.18. The fourth-order valence-electron chi connectivity index (χ4n) is 7.72. The highest BCUT2D eigenvalue weighted by molar-refractivity contribution is 6.03. The number of oxazole rings is 1. The van der Waals surface area contributed by atoms with Crippen LogP contribution in [0.3, 0.4) is 0 Å². The number of hydrogen-bond acceptors (Lipinski definition) is 9. The number of amides is 2. The van der Waals surface area contributed by atoms with Crippen molar-refractivity contribution < 1.29 is 14.0 Å². The van der Waals surface area contributed by atoms with Crippen LogP contribution >= 0.6 is 0 Å². The van der Waals surface area contributed by atoms with Gasteiger partial charge in [0.15, 0.2) is 22.9 Å². The summed E-state index contributed by atoms with van der Waals surface area (Å²) < 4.78 is 7.28. The number of anilines is 1. The smallest absolute Gasteiger partial charge is 0.237 e. The highest BCUT2D eigenvalue weighted by Gasteiger charge is 2.51. The number of carbonyl (C=O) groups excluding carboxylic acids is 2. The van der Waals surface area contributed by atoms with Crippen LogP contribution in [0, 0.1) is 12.3 Å². The lowest BCUT2D eigenvalue weighted by molar-refractivity contribution is -0.132. The van der Waals surface area contributed by atoms with Crippen LogP contribution in [0.15, 0.2) is 71.4 Å². The van der Waals surface area contributed by atoms with Crippen LogP contribution < -0.4 is 4.90 Å². The second kappa shape index (κ2) is 11.7. The first-order valence-corrected chi connectivity index (χ1v) is 17.0. The molecule has 6 aromatic rings. The number of nitrogens with one attached hydrogen (secondary N) is 1. The predicted molar refractivity (Wildman–Crippen MR) is 188 cm³/mol. The number of rotatable bonds is 6. The van der Waals surface area contributed by atoms with Gasteiger partial charge in [0.05, 0.1) is 23.2 Å². The van der Waals surface area contributed by atoms with Crippen LogP contribution in [0.25, 0.3) is 50.5 Å². The Bertz CT molecular complexity index is 2320. The van der Waals surface area contributed by atoms with Crippen molar-refractivity contribution in [2.24, 2.45) is 12.5 Å². The molecule has 13 heteroatoms. The lowest BCUT2D eigenvalue weighted by atomic mass is 9.85. The van der Waals surface area contributed by atoms with Crippen molar-refractivity contribution in [3.63, 3.8) is 0 Å². The number of aromatic nitrogens is 7. The molecule has 3 aliphatic heterocycles. The number of likely N-dealkylation sites (tertiary alicyclic amines) is 1. The van der Waals surface area contributed by atoms with Crippen molar-refractivity contribution in [2.75, 3.05) is 44.2 Å². The van der Waals surface area contributed by atoms with Gasteiger partial charge in [0.2, 0.25) is 11.8 Å². The maximum Gasteiger partial charge on any atom is 0.237 e. The molecule has 2 amide bonds. The number of aromatic amines is 1. The first kappa shape index (κ1) is 30.4. The largest absolute Gasteiger partial charge is 0.439 e. The number of pyridine rings is 1. The summed E-state index contributed by atoms with van der Waals surface area (Å²) in [6, 6.07) is 18.0. The lowest BCUT2D eigenvalue weighted by Crippen LogP contribution is -2.43. The molecule has 252 valence electrons. The van der Waals surface area contributed by atoms with Gasteiger partial charge in [0.25, 0.3) is 0 Å². The summed E-state index contributed by atoms with van der Waals surface area (Å²) >= 11 is 0. The van der Waals surface area contributed by atoms with Gasteiger partial charge in [-0.3, -0.25) is 24.3 Å². The maximum absolute atomic E-state index is 14.0. The highest BCUT2D eigenvalue weighted by atomic mass is 16.3. The Morgan fingerprint density at radius 1 is 1.00 bits per heavy atom. The molecule has 13 nitrogen and oxygen atoms in total. The minimum absolute atomic E-state index is 0.113. The topological polar surface area (TPSA) is 142 Å². The molecule has 3 aliphatic rings. The molecule has 9 rings (SSSR count). The second-order valence-electron chi connectivity index (χ2n) is 13.6. The molecule has 2 saturated heterocycles. The summed E-state index contributed by atoms with van der Waals surface area (Å²) in [5, 5.41) is 12.9. The van der Waals surface area contributed by atoms with E-state index in [-0.39, 0.29) is 11.8 Å².